The summed E-state index contributed by atoms with van der Waals surface area (Å²) in [4.78, 5) is 38.0. The quantitative estimate of drug-likeness (QED) is 0.342. The Kier molecular flexibility index (Phi) is 9.41. The fourth-order valence-corrected chi connectivity index (χ4v) is 3.12. The normalized spacial score (nSPS) is 13.0. The third kappa shape index (κ3) is 5.78. The summed E-state index contributed by atoms with van der Waals surface area (Å²) in [7, 11) is 0. The largest absolute Gasteiger partial charge is 0.394 e. The summed E-state index contributed by atoms with van der Waals surface area (Å²) < 4.78 is 0. The second kappa shape index (κ2) is 11.1. The molecule has 0 saturated heterocycles. The average molecular weight is 424 g/mol. The van der Waals surface area contributed by atoms with E-state index in [2.05, 4.69) is 16.0 Å². The first kappa shape index (κ1) is 25.5. The summed E-state index contributed by atoms with van der Waals surface area (Å²) in [6, 6.07) is -0.968. The van der Waals surface area contributed by atoms with Crippen LogP contribution < -0.4 is 16.0 Å². The highest BCUT2D eigenvalue weighted by Gasteiger charge is 2.27. The Balaban J connectivity index is 3.66. The van der Waals surface area contributed by atoms with Crippen molar-refractivity contribution >= 4 is 23.4 Å². The van der Waals surface area contributed by atoms with Crippen molar-refractivity contribution < 1.29 is 29.7 Å². The maximum absolute atomic E-state index is 13.0. The molecule has 1 rings (SSSR count). The summed E-state index contributed by atoms with van der Waals surface area (Å²) in [6.45, 7) is 9.09. The molecule has 2 atom stereocenters. The van der Waals surface area contributed by atoms with Crippen LogP contribution in [0.3, 0.4) is 0 Å². The van der Waals surface area contributed by atoms with Gasteiger partial charge in [0.05, 0.1) is 19.3 Å². The van der Waals surface area contributed by atoms with Crippen LogP contribution in [0.15, 0.2) is 0 Å². The van der Waals surface area contributed by atoms with E-state index >= 15 is 0 Å². The maximum Gasteiger partial charge on any atom is 0.252 e. The number of nitrogens with one attached hydrogen (secondary N) is 3. The van der Waals surface area contributed by atoms with E-state index in [1.54, 1.807) is 20.8 Å². The number of benzene rings is 1. The topological polar surface area (TPSA) is 148 Å². The molecule has 0 fully saturated rings. The third-order valence-corrected chi connectivity index (χ3v) is 5.10. The molecular formula is C21H33N3O6. The van der Waals surface area contributed by atoms with Crippen molar-refractivity contribution in [3.05, 3.63) is 27.8 Å². The molecule has 2 unspecified atom stereocenters. The number of aliphatic hydroxyl groups is 3. The molecule has 9 nitrogen and oxygen atoms in total. The molecule has 0 saturated carbocycles. The molecule has 1 aromatic carbocycles. The lowest BCUT2D eigenvalue weighted by Crippen LogP contribution is -2.41. The first-order chi connectivity index (χ1) is 14.0. The summed E-state index contributed by atoms with van der Waals surface area (Å²) in [5, 5.41) is 36.1. The van der Waals surface area contributed by atoms with Crippen LogP contribution in [0.1, 0.15) is 64.6 Å². The fraction of sp³-hybridized carbons (Fsp3) is 0.571. The van der Waals surface area contributed by atoms with Gasteiger partial charge in [-0.2, -0.15) is 0 Å². The molecule has 0 bridgehead atoms. The molecule has 0 aliphatic carbocycles. The van der Waals surface area contributed by atoms with Crippen molar-refractivity contribution in [2.24, 2.45) is 0 Å². The minimum absolute atomic E-state index is 0.0986. The number of rotatable bonds is 9. The van der Waals surface area contributed by atoms with Gasteiger partial charge in [-0.15, -0.1) is 0 Å². The molecule has 3 amide bonds. The van der Waals surface area contributed by atoms with Gasteiger partial charge in [-0.25, -0.2) is 0 Å². The van der Waals surface area contributed by atoms with Crippen LogP contribution in [0.2, 0.25) is 0 Å². The van der Waals surface area contributed by atoms with E-state index in [1.807, 2.05) is 13.8 Å². The minimum Gasteiger partial charge on any atom is -0.394 e. The predicted octanol–water partition coefficient (Wildman–Crippen LogP) is 0.542. The minimum atomic E-state index is -1.28. The zero-order valence-corrected chi connectivity index (χ0v) is 18.4. The standard InChI is InChI=1S/C21H33N3O6/c1-7-10(2)22-20(29)16-11(3)17(21(30)23-15(8-25)9-26)13(5)18(12(16)4)24-19(28)14(6)27/h10,14-15,25-27H,7-9H2,1-6H3,(H,22,29)(H,23,30)(H,24,28). The first-order valence-corrected chi connectivity index (χ1v) is 9.96. The molecule has 0 heterocycles. The number of carbonyl (C=O) groups excluding carboxylic acids is 3. The predicted molar refractivity (Wildman–Crippen MR) is 114 cm³/mol. The molecule has 1 aromatic rings. The number of aliphatic hydroxyl groups excluding tert-OH is 3. The van der Waals surface area contributed by atoms with Gasteiger partial charge in [0.2, 0.25) is 0 Å². The van der Waals surface area contributed by atoms with Gasteiger partial charge in [-0.05, 0) is 57.7 Å². The Morgan fingerprint density at radius 3 is 1.73 bits per heavy atom. The number of hydrogen-bond acceptors (Lipinski definition) is 6. The lowest BCUT2D eigenvalue weighted by molar-refractivity contribution is -0.123. The third-order valence-electron chi connectivity index (χ3n) is 5.10. The molecule has 0 spiro atoms. The Morgan fingerprint density at radius 1 is 0.867 bits per heavy atom. The van der Waals surface area contributed by atoms with Crippen molar-refractivity contribution in [2.45, 2.75) is 66.2 Å². The van der Waals surface area contributed by atoms with Gasteiger partial charge in [-0.1, -0.05) is 6.92 Å². The van der Waals surface area contributed by atoms with Crippen LogP contribution in [0, 0.1) is 20.8 Å². The van der Waals surface area contributed by atoms with Crippen molar-refractivity contribution in [3.63, 3.8) is 0 Å². The SMILES string of the molecule is CCC(C)NC(=O)c1c(C)c(NC(=O)C(C)O)c(C)c(C(=O)NC(CO)CO)c1C. The van der Waals surface area contributed by atoms with E-state index in [4.69, 9.17) is 0 Å². The summed E-state index contributed by atoms with van der Waals surface area (Å²) >= 11 is 0. The van der Waals surface area contributed by atoms with Crippen LogP contribution >= 0.6 is 0 Å². The Bertz CT molecular complexity index is 803. The molecule has 0 aromatic heterocycles. The van der Waals surface area contributed by atoms with Gasteiger partial charge < -0.3 is 31.3 Å². The smallest absolute Gasteiger partial charge is 0.252 e. The van der Waals surface area contributed by atoms with Crippen molar-refractivity contribution in [3.8, 4) is 0 Å². The fourth-order valence-electron chi connectivity index (χ4n) is 3.12. The molecule has 6 N–H and O–H groups in total. The highest BCUT2D eigenvalue weighted by atomic mass is 16.3. The lowest BCUT2D eigenvalue weighted by Gasteiger charge is -2.24. The molecule has 0 aliphatic rings. The van der Waals surface area contributed by atoms with E-state index in [9.17, 15) is 29.7 Å². The van der Waals surface area contributed by atoms with Crippen molar-refractivity contribution in [1.29, 1.82) is 0 Å². The van der Waals surface area contributed by atoms with Crippen LogP contribution in [-0.4, -0.2) is 64.4 Å². The molecular weight excluding hydrogens is 390 g/mol. The Morgan fingerprint density at radius 2 is 1.33 bits per heavy atom. The monoisotopic (exact) mass is 423 g/mol. The van der Waals surface area contributed by atoms with Gasteiger partial charge in [0.1, 0.15) is 6.10 Å². The second-order valence-corrected chi connectivity index (χ2v) is 7.48. The zero-order chi connectivity index (χ0) is 23.2. The Labute approximate surface area is 176 Å². The number of amides is 3. The molecule has 30 heavy (non-hydrogen) atoms. The maximum atomic E-state index is 13.0. The highest BCUT2D eigenvalue weighted by molar-refractivity contribution is 6.08. The average Bonchev–Trinajstić information content (AvgIpc) is 2.68. The van der Waals surface area contributed by atoms with E-state index in [-0.39, 0.29) is 28.8 Å². The number of anilines is 1. The van der Waals surface area contributed by atoms with E-state index < -0.39 is 37.2 Å². The Hall–Kier alpha value is -2.49. The van der Waals surface area contributed by atoms with E-state index in [1.165, 1.54) is 6.92 Å². The van der Waals surface area contributed by atoms with Gasteiger partial charge in [0.25, 0.3) is 17.7 Å². The van der Waals surface area contributed by atoms with Crippen LogP contribution in [-0.2, 0) is 4.79 Å². The van der Waals surface area contributed by atoms with Crippen molar-refractivity contribution in [1.82, 2.24) is 10.6 Å². The van der Waals surface area contributed by atoms with Crippen LogP contribution in [0.4, 0.5) is 5.69 Å². The summed E-state index contributed by atoms with van der Waals surface area (Å²) in [6.07, 6.45) is -0.573. The van der Waals surface area contributed by atoms with Gasteiger partial charge in [-0.3, -0.25) is 14.4 Å². The van der Waals surface area contributed by atoms with E-state index in [0.29, 0.717) is 23.1 Å². The van der Waals surface area contributed by atoms with Crippen LogP contribution in [0.25, 0.3) is 0 Å². The molecule has 0 aliphatic heterocycles. The summed E-state index contributed by atoms with van der Waals surface area (Å²) in [5.74, 6) is -1.65. The van der Waals surface area contributed by atoms with Gasteiger partial charge in [0.15, 0.2) is 0 Å². The first-order valence-electron chi connectivity index (χ1n) is 9.96. The lowest BCUT2D eigenvalue weighted by atomic mass is 9.89. The molecule has 0 radical (unpaired) electrons. The van der Waals surface area contributed by atoms with Crippen LogP contribution in [0.5, 0.6) is 0 Å². The zero-order valence-electron chi connectivity index (χ0n) is 18.4. The van der Waals surface area contributed by atoms with E-state index in [0.717, 1.165) is 0 Å². The molecule has 168 valence electrons. The van der Waals surface area contributed by atoms with Gasteiger partial charge >= 0.3 is 0 Å². The summed E-state index contributed by atoms with van der Waals surface area (Å²) in [5.41, 5.74) is 1.95. The highest BCUT2D eigenvalue weighted by Crippen LogP contribution is 2.32. The number of carbonyl (C=O) groups is 3. The van der Waals surface area contributed by atoms with Crippen molar-refractivity contribution in [2.75, 3.05) is 18.5 Å². The molecule has 9 heteroatoms. The number of hydrogen-bond donors (Lipinski definition) is 6. The van der Waals surface area contributed by atoms with Gasteiger partial charge in [0, 0.05) is 22.9 Å². The second-order valence-electron chi connectivity index (χ2n) is 7.48.